The molecule has 0 aliphatic carbocycles. The number of sulfonamides is 1. The fraction of sp³-hybridized carbons (Fsp3) is 0.438. The van der Waals surface area contributed by atoms with Crippen LogP contribution < -0.4 is 9.21 Å². The summed E-state index contributed by atoms with van der Waals surface area (Å²) in [6.07, 6.45) is 2.34. The summed E-state index contributed by atoms with van der Waals surface area (Å²) in [5, 5.41) is 0.101. The topological polar surface area (TPSA) is 58.4 Å². The molecule has 1 aliphatic rings. The van der Waals surface area contributed by atoms with Crippen LogP contribution in [0.4, 0.5) is 11.4 Å². The Morgan fingerprint density at radius 3 is 2.43 bits per heavy atom. The summed E-state index contributed by atoms with van der Waals surface area (Å²) >= 11 is 0. The molecule has 3 rings (SSSR count). The van der Waals surface area contributed by atoms with E-state index in [0.717, 1.165) is 18.7 Å². The first-order chi connectivity index (χ1) is 10.8. The predicted molar refractivity (Wildman–Crippen MR) is 91.4 cm³/mol. The van der Waals surface area contributed by atoms with Gasteiger partial charge in [-0.2, -0.15) is 8.42 Å². The number of anilines is 2. The van der Waals surface area contributed by atoms with Crippen LogP contribution in [0.1, 0.15) is 19.2 Å². The molecule has 7 heteroatoms. The molecule has 0 N–H and O–H groups in total. The van der Waals surface area contributed by atoms with Gasteiger partial charge < -0.3 is 9.47 Å². The van der Waals surface area contributed by atoms with Crippen LogP contribution in [-0.2, 0) is 17.1 Å². The maximum Gasteiger partial charge on any atom is 0.283 e. The van der Waals surface area contributed by atoms with E-state index in [2.05, 4.69) is 9.88 Å². The number of nitrogens with zero attached hydrogens (tertiary/aromatic N) is 4. The van der Waals surface area contributed by atoms with Gasteiger partial charge in [-0.05, 0) is 32.4 Å². The number of para-hydroxylation sites is 2. The normalized spacial score (nSPS) is 18.7. The van der Waals surface area contributed by atoms with Crippen LogP contribution in [0.2, 0.25) is 0 Å². The second-order valence-corrected chi connectivity index (χ2v) is 7.85. The molecule has 2 heterocycles. The smallest absolute Gasteiger partial charge is 0.283 e. The third-order valence-electron chi connectivity index (χ3n) is 4.42. The fourth-order valence-electron chi connectivity index (χ4n) is 2.95. The van der Waals surface area contributed by atoms with Gasteiger partial charge in [0.2, 0.25) is 0 Å². The van der Waals surface area contributed by atoms with Crippen molar-refractivity contribution in [3.8, 4) is 0 Å². The maximum absolute atomic E-state index is 13.2. The highest BCUT2D eigenvalue weighted by Crippen LogP contribution is 2.37. The zero-order chi connectivity index (χ0) is 16.8. The lowest BCUT2D eigenvalue weighted by molar-refractivity contribution is 0.572. The van der Waals surface area contributed by atoms with Gasteiger partial charge in [0.05, 0.1) is 11.4 Å². The molecule has 1 aromatic carbocycles. The third kappa shape index (κ3) is 2.59. The summed E-state index contributed by atoms with van der Waals surface area (Å²) in [5.74, 6) is 0.677. The lowest BCUT2D eigenvalue weighted by atomic mass is 10.2. The molecular weight excluding hydrogens is 312 g/mol. The van der Waals surface area contributed by atoms with Gasteiger partial charge in [0.1, 0.15) is 5.82 Å². The number of hydrogen-bond donors (Lipinski definition) is 0. The summed E-state index contributed by atoms with van der Waals surface area (Å²) in [7, 11) is 0.0948. The van der Waals surface area contributed by atoms with Crippen molar-refractivity contribution in [3.63, 3.8) is 0 Å². The minimum Gasteiger partial charge on any atom is -0.373 e. The van der Waals surface area contributed by atoms with Crippen molar-refractivity contribution in [1.82, 2.24) is 9.55 Å². The zero-order valence-corrected chi connectivity index (χ0v) is 14.7. The Morgan fingerprint density at radius 1 is 1.17 bits per heavy atom. The van der Waals surface area contributed by atoms with Crippen LogP contribution >= 0.6 is 0 Å². The minimum absolute atomic E-state index is 0.101. The van der Waals surface area contributed by atoms with Crippen LogP contribution in [0.3, 0.4) is 0 Å². The van der Waals surface area contributed by atoms with Crippen molar-refractivity contribution >= 4 is 21.4 Å². The quantitative estimate of drug-likeness (QED) is 0.844. The van der Waals surface area contributed by atoms with Gasteiger partial charge in [-0.25, -0.2) is 4.98 Å². The molecule has 1 atom stereocenters. The molecule has 0 saturated carbocycles. The van der Waals surface area contributed by atoms with Gasteiger partial charge in [0.15, 0.2) is 5.03 Å². The highest BCUT2D eigenvalue weighted by atomic mass is 32.2. The molecule has 23 heavy (non-hydrogen) atoms. The van der Waals surface area contributed by atoms with E-state index < -0.39 is 10.0 Å². The summed E-state index contributed by atoms with van der Waals surface area (Å²) in [4.78, 5) is 6.34. The van der Waals surface area contributed by atoms with Crippen LogP contribution in [0.5, 0.6) is 0 Å². The summed E-state index contributed by atoms with van der Waals surface area (Å²) in [6, 6.07) is 7.49. The van der Waals surface area contributed by atoms with Crippen molar-refractivity contribution in [1.29, 1.82) is 0 Å². The fourth-order valence-corrected chi connectivity index (χ4v) is 4.68. The SMILES string of the molecule is Cc1nc(S(=O)(=O)N2c3ccccc3N(C)CC[C@@H]2C)cn1C. The van der Waals surface area contributed by atoms with E-state index in [0.29, 0.717) is 11.5 Å². The van der Waals surface area contributed by atoms with Crippen LogP contribution in [-0.4, -0.2) is 37.6 Å². The summed E-state index contributed by atoms with van der Waals surface area (Å²) < 4.78 is 29.7. The first-order valence-electron chi connectivity index (χ1n) is 7.67. The molecule has 2 aromatic rings. The Kier molecular flexibility index (Phi) is 3.83. The largest absolute Gasteiger partial charge is 0.373 e. The maximum atomic E-state index is 13.2. The van der Waals surface area contributed by atoms with Gasteiger partial charge >= 0.3 is 0 Å². The third-order valence-corrected chi connectivity index (χ3v) is 6.22. The molecule has 0 unspecified atom stereocenters. The first-order valence-corrected chi connectivity index (χ1v) is 9.11. The van der Waals surface area contributed by atoms with Crippen LogP contribution in [0.15, 0.2) is 35.5 Å². The number of imidazole rings is 1. The number of fused-ring (bicyclic) bond motifs is 1. The highest BCUT2D eigenvalue weighted by Gasteiger charge is 2.35. The van der Waals surface area contributed by atoms with Crippen molar-refractivity contribution in [2.75, 3.05) is 22.8 Å². The zero-order valence-electron chi connectivity index (χ0n) is 13.9. The standard InChI is InChI=1S/C16H22N4O2S/c1-12-9-10-18(3)14-7-5-6-8-15(14)20(12)23(21,22)16-11-19(4)13(2)17-16/h5-8,11-12H,9-10H2,1-4H3/t12-/m0/s1. The molecular formula is C16H22N4O2S. The molecule has 0 bridgehead atoms. The van der Waals surface area contributed by atoms with Crippen LogP contribution in [0.25, 0.3) is 0 Å². The predicted octanol–water partition coefficient (Wildman–Crippen LogP) is 2.15. The average molecular weight is 334 g/mol. The van der Waals surface area contributed by atoms with E-state index >= 15 is 0 Å². The van der Waals surface area contributed by atoms with Crippen LogP contribution in [0, 0.1) is 6.92 Å². The second kappa shape index (κ2) is 5.56. The molecule has 124 valence electrons. The second-order valence-electron chi connectivity index (χ2n) is 6.09. The minimum atomic E-state index is -3.70. The van der Waals surface area contributed by atoms with Gasteiger partial charge in [-0.3, -0.25) is 4.31 Å². The Bertz CT molecular complexity index is 809. The monoisotopic (exact) mass is 334 g/mol. The van der Waals surface area contributed by atoms with E-state index in [4.69, 9.17) is 0 Å². The van der Waals surface area contributed by atoms with Gasteiger partial charge in [0, 0.05) is 32.9 Å². The van der Waals surface area contributed by atoms with Gasteiger partial charge in [0.25, 0.3) is 10.0 Å². The Morgan fingerprint density at radius 2 is 1.83 bits per heavy atom. The number of benzene rings is 1. The van der Waals surface area contributed by atoms with E-state index in [1.807, 2.05) is 38.2 Å². The Balaban J connectivity index is 2.18. The molecule has 1 aliphatic heterocycles. The summed E-state index contributed by atoms with van der Waals surface area (Å²) in [6.45, 7) is 4.56. The average Bonchev–Trinajstić information content (AvgIpc) is 2.79. The highest BCUT2D eigenvalue weighted by molar-refractivity contribution is 7.92. The molecule has 0 radical (unpaired) electrons. The molecule has 0 saturated heterocycles. The lowest BCUT2D eigenvalue weighted by Crippen LogP contribution is -2.38. The summed E-state index contributed by atoms with van der Waals surface area (Å²) in [5.41, 5.74) is 1.64. The van der Waals surface area contributed by atoms with Crippen molar-refractivity contribution < 1.29 is 8.42 Å². The van der Waals surface area contributed by atoms with Gasteiger partial charge in [-0.1, -0.05) is 12.1 Å². The lowest BCUT2D eigenvalue weighted by Gasteiger charge is -2.28. The number of rotatable bonds is 2. The van der Waals surface area contributed by atoms with Gasteiger partial charge in [-0.15, -0.1) is 0 Å². The molecule has 1 aromatic heterocycles. The molecule has 0 spiro atoms. The number of aromatic nitrogens is 2. The molecule has 0 fully saturated rings. The van der Waals surface area contributed by atoms with Crippen molar-refractivity contribution in [2.24, 2.45) is 7.05 Å². The Labute approximate surface area is 137 Å². The van der Waals surface area contributed by atoms with E-state index in [1.54, 1.807) is 24.7 Å². The van der Waals surface area contributed by atoms with Crippen molar-refractivity contribution in [3.05, 3.63) is 36.3 Å². The molecule has 6 nitrogen and oxygen atoms in total. The van der Waals surface area contributed by atoms with E-state index in [1.165, 1.54) is 4.31 Å². The van der Waals surface area contributed by atoms with E-state index in [-0.39, 0.29) is 11.1 Å². The number of hydrogen-bond acceptors (Lipinski definition) is 4. The first kappa shape index (κ1) is 15.9. The van der Waals surface area contributed by atoms with Crippen molar-refractivity contribution in [2.45, 2.75) is 31.3 Å². The molecule has 0 amide bonds. The Hall–Kier alpha value is -2.02. The number of aryl methyl sites for hydroxylation is 2. The van der Waals surface area contributed by atoms with E-state index in [9.17, 15) is 8.42 Å².